The largest absolute Gasteiger partial charge is 0.490 e. The van der Waals surface area contributed by atoms with Gasteiger partial charge < -0.3 is 26.0 Å². The summed E-state index contributed by atoms with van der Waals surface area (Å²) in [6.45, 7) is 6.03. The molecule has 1 aliphatic rings. The van der Waals surface area contributed by atoms with Crippen LogP contribution in [-0.4, -0.2) is 44.5 Å². The van der Waals surface area contributed by atoms with Crippen molar-refractivity contribution in [2.75, 3.05) is 18.6 Å². The predicted octanol–water partition coefficient (Wildman–Crippen LogP) is 6.23. The maximum Gasteiger partial charge on any atom is 0.404 e. The zero-order valence-corrected chi connectivity index (χ0v) is 28.4. The van der Waals surface area contributed by atoms with Gasteiger partial charge in [-0.3, -0.25) is 4.79 Å². The number of primary amides is 1. The average molecular weight is 666 g/mol. The highest BCUT2D eigenvalue weighted by molar-refractivity contribution is 7.89. The summed E-state index contributed by atoms with van der Waals surface area (Å²) in [5.41, 5.74) is 13.5. The van der Waals surface area contributed by atoms with Crippen LogP contribution >= 0.6 is 0 Å². The number of rotatable bonds is 12. The van der Waals surface area contributed by atoms with Crippen molar-refractivity contribution >= 4 is 27.7 Å². The third-order valence-corrected chi connectivity index (χ3v) is 9.50. The van der Waals surface area contributed by atoms with Gasteiger partial charge in [0.2, 0.25) is 10.0 Å². The SMILES string of the molecule is CC(C)(C)[C@](O)(CC(CCOC(N)=O)c1ccc(-c2ccc(C(=O)NS(C)(=O)=O)c(OC3CCCCC3)c2)cc1)c1ccc(N)cc1. The zero-order valence-electron chi connectivity index (χ0n) is 27.6. The molecule has 4 rings (SSSR count). The Bertz CT molecular complexity index is 1650. The summed E-state index contributed by atoms with van der Waals surface area (Å²) in [7, 11) is -3.76. The number of amides is 2. The fraction of sp³-hybridized carbons (Fsp3) is 0.444. The van der Waals surface area contributed by atoms with Crippen molar-refractivity contribution < 1.29 is 32.6 Å². The molecule has 0 aliphatic heterocycles. The van der Waals surface area contributed by atoms with Crippen LogP contribution in [-0.2, 0) is 20.4 Å². The van der Waals surface area contributed by atoms with Crippen LogP contribution < -0.4 is 20.9 Å². The molecule has 0 bridgehead atoms. The summed E-state index contributed by atoms with van der Waals surface area (Å²) in [6.07, 6.45) is 5.72. The van der Waals surface area contributed by atoms with Gasteiger partial charge in [0.25, 0.3) is 5.91 Å². The van der Waals surface area contributed by atoms with Crippen LogP contribution in [0.15, 0.2) is 66.7 Å². The van der Waals surface area contributed by atoms with E-state index in [2.05, 4.69) is 0 Å². The lowest BCUT2D eigenvalue weighted by atomic mass is 9.66. The highest BCUT2D eigenvalue weighted by Crippen LogP contribution is 2.47. The first-order valence-corrected chi connectivity index (χ1v) is 17.9. The van der Waals surface area contributed by atoms with Gasteiger partial charge in [-0.15, -0.1) is 0 Å². The standard InChI is InChI=1S/C36H47N3O7S/c1-35(2,3)36(42,28-15-17-29(37)18-16-28)23-27(20-21-45-34(38)41)25-12-10-24(11-13-25)26-14-19-31(33(40)39-47(4,43)44)32(22-26)46-30-8-6-5-7-9-30/h10-19,22,27,30,42H,5-9,20-21,23,37H2,1-4H3,(H2,38,41)(H,39,40)/t27?,36-/m0/s1. The smallest absolute Gasteiger partial charge is 0.404 e. The Morgan fingerprint density at radius 3 is 2.15 bits per heavy atom. The molecule has 1 aliphatic carbocycles. The van der Waals surface area contributed by atoms with Gasteiger partial charge in [0, 0.05) is 5.69 Å². The molecule has 11 heteroatoms. The number of ether oxygens (including phenoxy) is 2. The van der Waals surface area contributed by atoms with E-state index in [9.17, 15) is 23.1 Å². The van der Waals surface area contributed by atoms with Crippen molar-refractivity contribution in [1.29, 1.82) is 0 Å². The van der Waals surface area contributed by atoms with Crippen LogP contribution in [0.5, 0.6) is 5.75 Å². The number of nitrogens with two attached hydrogens (primary N) is 2. The Morgan fingerprint density at radius 2 is 1.57 bits per heavy atom. The molecule has 47 heavy (non-hydrogen) atoms. The van der Waals surface area contributed by atoms with E-state index in [1.807, 2.05) is 61.9 Å². The molecule has 3 aromatic carbocycles. The second-order valence-electron chi connectivity index (χ2n) is 13.5. The first-order valence-electron chi connectivity index (χ1n) is 16.0. The molecule has 0 heterocycles. The van der Waals surface area contributed by atoms with Crippen LogP contribution in [0.2, 0.25) is 0 Å². The van der Waals surface area contributed by atoms with Crippen LogP contribution in [0.3, 0.4) is 0 Å². The lowest BCUT2D eigenvalue weighted by Gasteiger charge is -2.43. The summed E-state index contributed by atoms with van der Waals surface area (Å²) in [5.74, 6) is -0.619. The molecule has 3 aromatic rings. The number of carbonyl (C=O) groups is 2. The molecular weight excluding hydrogens is 618 g/mol. The van der Waals surface area contributed by atoms with Crippen molar-refractivity contribution in [3.8, 4) is 16.9 Å². The lowest BCUT2D eigenvalue weighted by Crippen LogP contribution is -2.41. The number of hydrogen-bond donors (Lipinski definition) is 4. The van der Waals surface area contributed by atoms with Crippen molar-refractivity contribution in [1.82, 2.24) is 4.72 Å². The number of hydrogen-bond acceptors (Lipinski definition) is 8. The number of carbonyl (C=O) groups excluding carboxylic acids is 2. The lowest BCUT2D eigenvalue weighted by molar-refractivity contribution is -0.0775. The van der Waals surface area contributed by atoms with Gasteiger partial charge in [0.15, 0.2) is 0 Å². The van der Waals surface area contributed by atoms with Gasteiger partial charge in [-0.2, -0.15) is 0 Å². The number of anilines is 1. The molecule has 1 unspecified atom stereocenters. The average Bonchev–Trinajstić information content (AvgIpc) is 3.00. The Kier molecular flexibility index (Phi) is 11.2. The minimum absolute atomic E-state index is 0.0582. The highest BCUT2D eigenvalue weighted by Gasteiger charge is 2.43. The van der Waals surface area contributed by atoms with Gasteiger partial charge in [0.05, 0.1) is 30.1 Å². The molecule has 0 spiro atoms. The van der Waals surface area contributed by atoms with Crippen LogP contribution in [0.1, 0.15) is 93.1 Å². The molecular formula is C36H47N3O7S. The Labute approximate surface area is 277 Å². The van der Waals surface area contributed by atoms with E-state index < -0.39 is 33.0 Å². The molecule has 10 nitrogen and oxygen atoms in total. The molecule has 6 N–H and O–H groups in total. The normalized spacial score (nSPS) is 16.1. The maximum atomic E-state index is 12.9. The third kappa shape index (κ3) is 9.48. The zero-order chi connectivity index (χ0) is 34.4. The van der Waals surface area contributed by atoms with Crippen molar-refractivity contribution in [3.63, 3.8) is 0 Å². The molecule has 1 fully saturated rings. The molecule has 2 atom stereocenters. The Hall–Kier alpha value is -4.09. The van der Waals surface area contributed by atoms with E-state index in [4.69, 9.17) is 20.9 Å². The Morgan fingerprint density at radius 1 is 0.957 bits per heavy atom. The van der Waals surface area contributed by atoms with E-state index in [1.165, 1.54) is 0 Å². The summed E-state index contributed by atoms with van der Waals surface area (Å²) in [4.78, 5) is 24.3. The summed E-state index contributed by atoms with van der Waals surface area (Å²) in [5, 5.41) is 12.2. The quantitative estimate of drug-likeness (QED) is 0.165. The number of aliphatic hydroxyl groups is 1. The first kappa shape index (κ1) is 35.8. The second-order valence-corrected chi connectivity index (χ2v) is 15.3. The van der Waals surface area contributed by atoms with Crippen LogP contribution in [0, 0.1) is 5.41 Å². The van der Waals surface area contributed by atoms with E-state index >= 15 is 0 Å². The third-order valence-electron chi connectivity index (χ3n) is 8.95. The molecule has 0 radical (unpaired) electrons. The molecule has 1 saturated carbocycles. The molecule has 0 aromatic heterocycles. The van der Waals surface area contributed by atoms with E-state index in [0.29, 0.717) is 24.3 Å². The summed E-state index contributed by atoms with van der Waals surface area (Å²) < 4.78 is 37.1. The fourth-order valence-corrected chi connectivity index (χ4v) is 6.63. The van der Waals surface area contributed by atoms with Crippen molar-refractivity contribution in [2.45, 2.75) is 83.3 Å². The number of nitrogen functional groups attached to an aromatic ring is 1. The van der Waals surface area contributed by atoms with Crippen LogP contribution in [0.25, 0.3) is 11.1 Å². The minimum Gasteiger partial charge on any atom is -0.490 e. The Balaban J connectivity index is 1.67. The number of nitrogens with one attached hydrogen (secondary N) is 1. The van der Waals surface area contributed by atoms with Crippen molar-refractivity contribution in [2.24, 2.45) is 11.1 Å². The summed E-state index contributed by atoms with van der Waals surface area (Å²) in [6, 6.07) is 20.2. The van der Waals surface area contributed by atoms with E-state index in [1.54, 1.807) is 30.3 Å². The van der Waals surface area contributed by atoms with Crippen LogP contribution in [0.4, 0.5) is 10.5 Å². The van der Waals surface area contributed by atoms with E-state index in [0.717, 1.165) is 60.6 Å². The molecule has 2 amide bonds. The highest BCUT2D eigenvalue weighted by atomic mass is 32.2. The monoisotopic (exact) mass is 665 g/mol. The van der Waals surface area contributed by atoms with Gasteiger partial charge >= 0.3 is 6.09 Å². The van der Waals surface area contributed by atoms with Gasteiger partial charge in [-0.05, 0) is 96.4 Å². The van der Waals surface area contributed by atoms with Gasteiger partial charge in [-0.25, -0.2) is 17.9 Å². The van der Waals surface area contributed by atoms with Gasteiger partial charge in [0.1, 0.15) is 5.75 Å². The van der Waals surface area contributed by atoms with E-state index in [-0.39, 0.29) is 24.2 Å². The fourth-order valence-electron chi connectivity index (χ4n) is 6.18. The minimum atomic E-state index is -3.76. The second kappa shape index (κ2) is 14.8. The summed E-state index contributed by atoms with van der Waals surface area (Å²) >= 11 is 0. The maximum absolute atomic E-state index is 12.9. The first-order chi connectivity index (χ1) is 22.1. The molecule has 0 saturated heterocycles. The number of benzene rings is 3. The number of sulfonamides is 1. The van der Waals surface area contributed by atoms with Crippen molar-refractivity contribution in [3.05, 3.63) is 83.4 Å². The predicted molar refractivity (Wildman–Crippen MR) is 183 cm³/mol. The van der Waals surface area contributed by atoms with Gasteiger partial charge in [-0.1, -0.05) is 69.7 Å². The topological polar surface area (TPSA) is 171 Å². The molecule has 254 valence electrons.